The molecule has 0 aromatic heterocycles. The summed E-state index contributed by atoms with van der Waals surface area (Å²) in [5, 5.41) is 10.3. The Hall–Kier alpha value is -1.29. The molecule has 0 amide bonds. The molecule has 1 aliphatic rings. The number of nitrogen functional groups attached to an aromatic ring is 1. The van der Waals surface area contributed by atoms with Crippen molar-refractivity contribution in [2.45, 2.75) is 31.3 Å². The molecule has 0 spiro atoms. The Morgan fingerprint density at radius 1 is 1.41 bits per heavy atom. The number of hydrogen-bond donors (Lipinski definition) is 2. The van der Waals surface area contributed by atoms with Gasteiger partial charge in [0.1, 0.15) is 5.82 Å². The number of nitrogens with zero attached hydrogens (tertiary/aromatic N) is 1. The standard InChI is InChI=1S/C13H19FN2O/c1-16(9-13(17)7-2-3-8-13)11-6-4-5-10(14)12(11)15/h4-6,17H,2-3,7-9,15H2,1H3. The average molecular weight is 238 g/mol. The molecular formula is C13H19FN2O. The lowest BCUT2D eigenvalue weighted by Gasteiger charge is -2.30. The van der Waals surface area contributed by atoms with Gasteiger partial charge in [0.05, 0.1) is 17.0 Å². The van der Waals surface area contributed by atoms with Crippen LogP contribution in [0.2, 0.25) is 0 Å². The molecule has 1 aromatic rings. The molecule has 3 N–H and O–H groups in total. The van der Waals surface area contributed by atoms with Crippen LogP contribution in [0.3, 0.4) is 0 Å². The Bertz CT molecular complexity index is 402. The maximum absolute atomic E-state index is 13.3. The Balaban J connectivity index is 2.14. The molecule has 94 valence electrons. The van der Waals surface area contributed by atoms with Crippen molar-refractivity contribution in [1.29, 1.82) is 0 Å². The summed E-state index contributed by atoms with van der Waals surface area (Å²) in [5.74, 6) is -0.409. The van der Waals surface area contributed by atoms with Crippen molar-refractivity contribution in [2.75, 3.05) is 24.2 Å². The van der Waals surface area contributed by atoms with E-state index in [1.807, 2.05) is 11.9 Å². The molecule has 0 atom stereocenters. The summed E-state index contributed by atoms with van der Waals surface area (Å²) < 4.78 is 13.3. The van der Waals surface area contributed by atoms with Crippen LogP contribution in [0.25, 0.3) is 0 Å². The first-order chi connectivity index (χ1) is 8.02. The smallest absolute Gasteiger partial charge is 0.148 e. The second-order valence-corrected chi connectivity index (χ2v) is 4.96. The molecule has 1 aliphatic carbocycles. The van der Waals surface area contributed by atoms with E-state index in [0.29, 0.717) is 12.2 Å². The first-order valence-corrected chi connectivity index (χ1v) is 5.99. The molecule has 0 radical (unpaired) electrons. The monoisotopic (exact) mass is 238 g/mol. The van der Waals surface area contributed by atoms with Crippen molar-refractivity contribution >= 4 is 11.4 Å². The van der Waals surface area contributed by atoms with Gasteiger partial charge in [-0.1, -0.05) is 18.9 Å². The van der Waals surface area contributed by atoms with Gasteiger partial charge in [-0.2, -0.15) is 0 Å². The summed E-state index contributed by atoms with van der Waals surface area (Å²) in [6, 6.07) is 4.75. The predicted molar refractivity (Wildman–Crippen MR) is 67.5 cm³/mol. The Morgan fingerprint density at radius 2 is 2.06 bits per heavy atom. The fourth-order valence-electron chi connectivity index (χ4n) is 2.58. The number of halogens is 1. The zero-order chi connectivity index (χ0) is 12.5. The maximum Gasteiger partial charge on any atom is 0.148 e. The molecule has 1 saturated carbocycles. The van der Waals surface area contributed by atoms with E-state index in [-0.39, 0.29) is 5.69 Å². The third-order valence-electron chi connectivity index (χ3n) is 3.51. The lowest BCUT2D eigenvalue weighted by molar-refractivity contribution is 0.0559. The molecule has 1 aromatic carbocycles. The van der Waals surface area contributed by atoms with Crippen molar-refractivity contribution in [2.24, 2.45) is 0 Å². The molecule has 0 heterocycles. The number of hydrogen-bond acceptors (Lipinski definition) is 3. The van der Waals surface area contributed by atoms with Gasteiger partial charge in [-0.25, -0.2) is 4.39 Å². The highest BCUT2D eigenvalue weighted by atomic mass is 19.1. The van der Waals surface area contributed by atoms with E-state index in [9.17, 15) is 9.50 Å². The molecule has 3 nitrogen and oxygen atoms in total. The van der Waals surface area contributed by atoms with E-state index in [2.05, 4.69) is 0 Å². The maximum atomic E-state index is 13.3. The van der Waals surface area contributed by atoms with Crippen molar-refractivity contribution in [3.63, 3.8) is 0 Å². The third kappa shape index (κ3) is 2.52. The van der Waals surface area contributed by atoms with E-state index in [0.717, 1.165) is 25.7 Å². The number of benzene rings is 1. The fraction of sp³-hybridized carbons (Fsp3) is 0.538. The van der Waals surface area contributed by atoms with Crippen molar-refractivity contribution < 1.29 is 9.50 Å². The first-order valence-electron chi connectivity index (χ1n) is 5.99. The molecule has 4 heteroatoms. The minimum atomic E-state index is -0.645. The van der Waals surface area contributed by atoms with Crippen LogP contribution in [0.5, 0.6) is 0 Å². The molecule has 0 bridgehead atoms. The Labute approximate surface area is 101 Å². The zero-order valence-electron chi connectivity index (χ0n) is 10.1. The van der Waals surface area contributed by atoms with E-state index in [4.69, 9.17) is 5.73 Å². The second kappa shape index (κ2) is 4.53. The normalized spacial score (nSPS) is 18.3. The largest absolute Gasteiger partial charge is 0.395 e. The first kappa shape index (κ1) is 12.2. The third-order valence-corrected chi connectivity index (χ3v) is 3.51. The van der Waals surface area contributed by atoms with Gasteiger partial charge in [0.2, 0.25) is 0 Å². The molecule has 0 saturated heterocycles. The number of nitrogens with two attached hydrogens (primary N) is 1. The molecule has 2 rings (SSSR count). The van der Waals surface area contributed by atoms with Gasteiger partial charge in [0.25, 0.3) is 0 Å². The average Bonchev–Trinajstić information content (AvgIpc) is 2.68. The van der Waals surface area contributed by atoms with Gasteiger partial charge in [-0.15, -0.1) is 0 Å². The van der Waals surface area contributed by atoms with Crippen molar-refractivity contribution in [1.82, 2.24) is 0 Å². The van der Waals surface area contributed by atoms with Crippen molar-refractivity contribution in [3.8, 4) is 0 Å². The van der Waals surface area contributed by atoms with E-state index >= 15 is 0 Å². The highest BCUT2D eigenvalue weighted by molar-refractivity contribution is 5.67. The summed E-state index contributed by atoms with van der Waals surface area (Å²) in [5.41, 5.74) is 5.85. The molecule has 17 heavy (non-hydrogen) atoms. The minimum Gasteiger partial charge on any atom is -0.395 e. The lowest BCUT2D eigenvalue weighted by atomic mass is 10.0. The summed E-state index contributed by atoms with van der Waals surface area (Å²) in [4.78, 5) is 1.84. The van der Waals surface area contributed by atoms with Crippen LogP contribution in [0, 0.1) is 5.82 Å². The number of anilines is 2. The van der Waals surface area contributed by atoms with E-state index < -0.39 is 11.4 Å². The number of rotatable bonds is 3. The van der Waals surface area contributed by atoms with Crippen LogP contribution in [-0.2, 0) is 0 Å². The zero-order valence-corrected chi connectivity index (χ0v) is 10.1. The second-order valence-electron chi connectivity index (χ2n) is 4.96. The van der Waals surface area contributed by atoms with Gasteiger partial charge >= 0.3 is 0 Å². The van der Waals surface area contributed by atoms with E-state index in [1.165, 1.54) is 6.07 Å². The molecule has 1 fully saturated rings. The van der Waals surface area contributed by atoms with Gasteiger partial charge in [-0.05, 0) is 25.0 Å². The predicted octanol–water partition coefficient (Wildman–Crippen LogP) is 2.15. The van der Waals surface area contributed by atoms with Gasteiger partial charge < -0.3 is 15.7 Å². The van der Waals surface area contributed by atoms with Gasteiger partial charge in [0, 0.05) is 13.6 Å². The van der Waals surface area contributed by atoms with E-state index in [1.54, 1.807) is 12.1 Å². The molecule has 0 aliphatic heterocycles. The topological polar surface area (TPSA) is 49.5 Å². The van der Waals surface area contributed by atoms with Gasteiger partial charge in [-0.3, -0.25) is 0 Å². The van der Waals surface area contributed by atoms with Crippen LogP contribution >= 0.6 is 0 Å². The quantitative estimate of drug-likeness (QED) is 0.793. The highest BCUT2D eigenvalue weighted by Gasteiger charge is 2.32. The van der Waals surface area contributed by atoms with Crippen LogP contribution in [0.15, 0.2) is 18.2 Å². The summed E-state index contributed by atoms with van der Waals surface area (Å²) in [6.07, 6.45) is 3.74. The summed E-state index contributed by atoms with van der Waals surface area (Å²) in [7, 11) is 1.83. The van der Waals surface area contributed by atoms with Crippen LogP contribution < -0.4 is 10.6 Å². The number of likely N-dealkylation sites (N-methyl/N-ethyl adjacent to an activating group) is 1. The lowest BCUT2D eigenvalue weighted by Crippen LogP contribution is -2.39. The van der Waals surface area contributed by atoms with Crippen LogP contribution in [0.1, 0.15) is 25.7 Å². The van der Waals surface area contributed by atoms with Crippen LogP contribution in [-0.4, -0.2) is 24.3 Å². The summed E-state index contributed by atoms with van der Waals surface area (Å²) in [6.45, 7) is 0.501. The fourth-order valence-corrected chi connectivity index (χ4v) is 2.58. The number of aliphatic hydroxyl groups is 1. The highest BCUT2D eigenvalue weighted by Crippen LogP contribution is 2.32. The summed E-state index contributed by atoms with van der Waals surface area (Å²) >= 11 is 0. The van der Waals surface area contributed by atoms with Crippen LogP contribution in [0.4, 0.5) is 15.8 Å². The SMILES string of the molecule is CN(CC1(O)CCCC1)c1cccc(F)c1N. The Morgan fingerprint density at radius 3 is 2.71 bits per heavy atom. The number of para-hydroxylation sites is 1. The minimum absolute atomic E-state index is 0.150. The van der Waals surface area contributed by atoms with Crippen molar-refractivity contribution in [3.05, 3.63) is 24.0 Å². The van der Waals surface area contributed by atoms with Gasteiger partial charge in [0.15, 0.2) is 0 Å². The Kier molecular flexibility index (Phi) is 3.24. The molecule has 0 unspecified atom stereocenters. The molecular weight excluding hydrogens is 219 g/mol.